The van der Waals surface area contributed by atoms with Crippen LogP contribution in [0, 0.1) is 29.1 Å². The van der Waals surface area contributed by atoms with Gasteiger partial charge in [-0.1, -0.05) is 0 Å². The third-order valence-corrected chi connectivity index (χ3v) is 2.94. The molecule has 1 amide bonds. The van der Waals surface area contributed by atoms with Crippen molar-refractivity contribution in [3.05, 3.63) is 34.6 Å². The Morgan fingerprint density at radius 1 is 1.10 bits per heavy atom. The van der Waals surface area contributed by atoms with Crippen LogP contribution < -0.4 is 10.6 Å². The van der Waals surface area contributed by atoms with E-state index in [1.807, 2.05) is 0 Å². The van der Waals surface area contributed by atoms with E-state index in [1.165, 1.54) is 0 Å². The van der Waals surface area contributed by atoms with Gasteiger partial charge in [0.2, 0.25) is 5.82 Å². The predicted molar refractivity (Wildman–Crippen MR) is 61.2 cm³/mol. The molecule has 2 N–H and O–H groups in total. The summed E-state index contributed by atoms with van der Waals surface area (Å²) in [5.74, 6) is -12.3. The number of nitrogens with one attached hydrogen (secondary N) is 2. The van der Waals surface area contributed by atoms with Crippen LogP contribution in [0.15, 0.2) is 0 Å². The number of benzene rings is 1. The summed E-state index contributed by atoms with van der Waals surface area (Å²) < 4.78 is 70.7. The molecule has 2 rings (SSSR count). The van der Waals surface area contributed by atoms with Gasteiger partial charge >= 0.3 is 0 Å². The summed E-state index contributed by atoms with van der Waals surface area (Å²) in [5.41, 5.74) is -1.50. The number of ether oxygens (including phenoxy) is 1. The first-order valence-electron chi connectivity index (χ1n) is 6.04. The van der Waals surface area contributed by atoms with Crippen LogP contribution in [0.2, 0.25) is 0 Å². The van der Waals surface area contributed by atoms with Crippen molar-refractivity contribution in [1.29, 1.82) is 0 Å². The standard InChI is InChI=1S/C12H11F5N2O2/c13-7-6(8(14)10(16)11(17)9(7)15)12(20)19-3-5-4-21-2-1-18-5/h5,18H,1-4H2,(H,19,20). The average molecular weight is 310 g/mol. The zero-order valence-electron chi connectivity index (χ0n) is 10.6. The highest BCUT2D eigenvalue weighted by atomic mass is 19.2. The average Bonchev–Trinajstić information content (AvgIpc) is 2.50. The fourth-order valence-electron chi connectivity index (χ4n) is 1.86. The molecule has 0 aromatic heterocycles. The molecule has 1 saturated heterocycles. The summed E-state index contributed by atoms with van der Waals surface area (Å²) in [6, 6.07) is -0.302. The van der Waals surface area contributed by atoms with Crippen LogP contribution in [0.5, 0.6) is 0 Å². The minimum Gasteiger partial charge on any atom is -0.378 e. The number of carbonyl (C=O) groups is 1. The van der Waals surface area contributed by atoms with E-state index in [4.69, 9.17) is 4.74 Å². The van der Waals surface area contributed by atoms with Crippen LogP contribution in [-0.4, -0.2) is 38.3 Å². The lowest BCUT2D eigenvalue weighted by Crippen LogP contribution is -2.48. The molecular formula is C12H11F5N2O2. The Labute approximate surface area is 116 Å². The van der Waals surface area contributed by atoms with Crippen molar-refractivity contribution in [1.82, 2.24) is 10.6 Å². The Morgan fingerprint density at radius 3 is 2.19 bits per heavy atom. The molecule has 1 fully saturated rings. The molecule has 0 spiro atoms. The highest BCUT2D eigenvalue weighted by Crippen LogP contribution is 2.22. The first kappa shape index (κ1) is 15.6. The molecule has 21 heavy (non-hydrogen) atoms. The Kier molecular flexibility index (Phi) is 4.73. The van der Waals surface area contributed by atoms with Crippen molar-refractivity contribution in [3.8, 4) is 0 Å². The summed E-state index contributed by atoms with van der Waals surface area (Å²) in [4.78, 5) is 11.6. The molecule has 1 aromatic carbocycles. The number of morpholine rings is 1. The second-order valence-electron chi connectivity index (χ2n) is 4.38. The van der Waals surface area contributed by atoms with Crippen LogP contribution in [0.25, 0.3) is 0 Å². The van der Waals surface area contributed by atoms with Gasteiger partial charge in [0.05, 0.1) is 13.2 Å². The Balaban J connectivity index is 2.15. The molecule has 1 aliphatic rings. The lowest BCUT2D eigenvalue weighted by molar-refractivity contribution is 0.0732. The summed E-state index contributed by atoms with van der Waals surface area (Å²) in [5, 5.41) is 5.06. The monoisotopic (exact) mass is 310 g/mol. The molecule has 1 heterocycles. The number of rotatable bonds is 3. The maximum atomic E-state index is 13.4. The molecule has 9 heteroatoms. The zero-order chi connectivity index (χ0) is 15.6. The molecule has 1 unspecified atom stereocenters. The van der Waals surface area contributed by atoms with Gasteiger partial charge in [-0.05, 0) is 0 Å². The number of hydrogen-bond acceptors (Lipinski definition) is 3. The molecule has 0 saturated carbocycles. The molecule has 116 valence electrons. The highest BCUT2D eigenvalue weighted by molar-refractivity contribution is 5.94. The maximum Gasteiger partial charge on any atom is 0.257 e. The SMILES string of the molecule is O=C(NCC1COCCN1)c1c(F)c(F)c(F)c(F)c1F. The number of halogens is 5. The van der Waals surface area contributed by atoms with Crippen LogP contribution in [0.3, 0.4) is 0 Å². The van der Waals surface area contributed by atoms with Crippen LogP contribution in [0.4, 0.5) is 22.0 Å². The third kappa shape index (κ3) is 3.13. The first-order valence-corrected chi connectivity index (χ1v) is 6.04. The zero-order valence-corrected chi connectivity index (χ0v) is 10.6. The fraction of sp³-hybridized carbons (Fsp3) is 0.417. The maximum absolute atomic E-state index is 13.4. The van der Waals surface area contributed by atoms with E-state index >= 15 is 0 Å². The van der Waals surface area contributed by atoms with Crippen molar-refractivity contribution in [3.63, 3.8) is 0 Å². The summed E-state index contributed by atoms with van der Waals surface area (Å²) >= 11 is 0. The van der Waals surface area contributed by atoms with E-state index < -0.39 is 40.6 Å². The van der Waals surface area contributed by atoms with Gasteiger partial charge in [0, 0.05) is 19.1 Å². The molecular weight excluding hydrogens is 299 g/mol. The molecule has 0 aliphatic carbocycles. The van der Waals surface area contributed by atoms with Crippen molar-refractivity contribution >= 4 is 5.91 Å². The second kappa shape index (κ2) is 6.35. The van der Waals surface area contributed by atoms with Gasteiger partial charge in [0.25, 0.3) is 5.91 Å². The fourth-order valence-corrected chi connectivity index (χ4v) is 1.86. The summed E-state index contributed by atoms with van der Waals surface area (Å²) in [7, 11) is 0. The van der Waals surface area contributed by atoms with Crippen molar-refractivity contribution in [2.24, 2.45) is 0 Å². The van der Waals surface area contributed by atoms with Gasteiger partial charge in [-0.15, -0.1) is 0 Å². The number of amides is 1. The molecule has 1 atom stereocenters. The number of hydrogen-bond donors (Lipinski definition) is 2. The van der Waals surface area contributed by atoms with Gasteiger partial charge < -0.3 is 15.4 Å². The molecule has 1 aliphatic heterocycles. The van der Waals surface area contributed by atoms with Crippen LogP contribution in [-0.2, 0) is 4.74 Å². The van der Waals surface area contributed by atoms with Crippen molar-refractivity contribution in [2.75, 3.05) is 26.3 Å². The van der Waals surface area contributed by atoms with E-state index in [1.54, 1.807) is 0 Å². The Bertz CT molecular complexity index is 532. The van der Waals surface area contributed by atoms with Crippen LogP contribution >= 0.6 is 0 Å². The van der Waals surface area contributed by atoms with Crippen molar-refractivity contribution in [2.45, 2.75) is 6.04 Å². The first-order chi connectivity index (χ1) is 9.93. The topological polar surface area (TPSA) is 50.4 Å². The van der Waals surface area contributed by atoms with Crippen LogP contribution in [0.1, 0.15) is 10.4 Å². The normalized spacial score (nSPS) is 18.6. The van der Waals surface area contributed by atoms with E-state index in [2.05, 4.69) is 10.6 Å². The quantitative estimate of drug-likeness (QED) is 0.499. The lowest BCUT2D eigenvalue weighted by Gasteiger charge is -2.24. The molecule has 1 aromatic rings. The van der Waals surface area contributed by atoms with Crippen molar-refractivity contribution < 1.29 is 31.5 Å². The van der Waals surface area contributed by atoms with Gasteiger partial charge in [-0.2, -0.15) is 0 Å². The minimum atomic E-state index is -2.30. The lowest BCUT2D eigenvalue weighted by atomic mass is 10.1. The van der Waals surface area contributed by atoms with E-state index in [0.717, 1.165) is 0 Å². The smallest absolute Gasteiger partial charge is 0.257 e. The van der Waals surface area contributed by atoms with E-state index in [-0.39, 0.29) is 19.2 Å². The predicted octanol–water partition coefficient (Wildman–Crippen LogP) is 1.10. The van der Waals surface area contributed by atoms with Gasteiger partial charge in [-0.25, -0.2) is 22.0 Å². The summed E-state index contributed by atoms with van der Waals surface area (Å²) in [6.07, 6.45) is 0. The molecule has 4 nitrogen and oxygen atoms in total. The Hall–Kier alpha value is -1.74. The minimum absolute atomic E-state index is 0.0711. The van der Waals surface area contributed by atoms with Gasteiger partial charge in [-0.3, -0.25) is 4.79 Å². The number of carbonyl (C=O) groups excluding carboxylic acids is 1. The Morgan fingerprint density at radius 2 is 1.67 bits per heavy atom. The molecule has 0 bridgehead atoms. The third-order valence-electron chi connectivity index (χ3n) is 2.94. The second-order valence-corrected chi connectivity index (χ2v) is 4.38. The highest BCUT2D eigenvalue weighted by Gasteiger charge is 2.29. The largest absolute Gasteiger partial charge is 0.378 e. The van der Waals surface area contributed by atoms with E-state index in [0.29, 0.717) is 13.2 Å². The van der Waals surface area contributed by atoms with Gasteiger partial charge in [0.15, 0.2) is 23.3 Å². The summed E-state index contributed by atoms with van der Waals surface area (Å²) in [6.45, 7) is 1.21. The van der Waals surface area contributed by atoms with E-state index in [9.17, 15) is 26.7 Å². The van der Waals surface area contributed by atoms with Gasteiger partial charge in [0.1, 0.15) is 5.56 Å². The molecule has 0 radical (unpaired) electrons.